The number of aryl methyl sites for hydroxylation is 1. The maximum absolute atomic E-state index is 11.0. The molecule has 0 aliphatic carbocycles. The smallest absolute Gasteiger partial charge is 0.236 e. The van der Waals surface area contributed by atoms with Crippen LogP contribution in [0.15, 0.2) is 17.2 Å². The first-order valence-corrected chi connectivity index (χ1v) is 8.37. The lowest BCUT2D eigenvalue weighted by Crippen LogP contribution is -2.51. The molecule has 1 amide bonds. The van der Waals surface area contributed by atoms with Crippen LogP contribution < -0.4 is 10.3 Å². The molecule has 1 heterocycles. The van der Waals surface area contributed by atoms with Crippen molar-refractivity contribution >= 4 is 17.8 Å². The molecule has 0 bridgehead atoms. The monoisotopic (exact) mass is 315 g/mol. The highest BCUT2D eigenvalue weighted by Gasteiger charge is 2.37. The number of hydrogen-bond acceptors (Lipinski definition) is 3. The van der Waals surface area contributed by atoms with E-state index in [2.05, 4.69) is 69.1 Å². The molecule has 4 heteroatoms. The Hall–Kier alpha value is -1.84. The lowest BCUT2D eigenvalue weighted by atomic mass is 9.78. The van der Waals surface area contributed by atoms with E-state index in [0.717, 1.165) is 12.0 Å². The van der Waals surface area contributed by atoms with Crippen LogP contribution >= 0.6 is 0 Å². The topological polar surface area (TPSA) is 44.7 Å². The first-order chi connectivity index (χ1) is 10.6. The number of anilines is 1. The zero-order chi connectivity index (χ0) is 17.4. The van der Waals surface area contributed by atoms with Gasteiger partial charge in [-0.1, -0.05) is 6.92 Å². The van der Waals surface area contributed by atoms with Crippen molar-refractivity contribution in [3.05, 3.63) is 28.8 Å². The van der Waals surface area contributed by atoms with Crippen LogP contribution in [0.5, 0.6) is 0 Å². The molecule has 1 aromatic carbocycles. The van der Waals surface area contributed by atoms with Crippen molar-refractivity contribution in [1.29, 1.82) is 0 Å². The van der Waals surface area contributed by atoms with Crippen molar-refractivity contribution in [1.82, 2.24) is 5.43 Å². The van der Waals surface area contributed by atoms with E-state index in [4.69, 9.17) is 0 Å². The third kappa shape index (κ3) is 3.57. The second-order valence-electron chi connectivity index (χ2n) is 7.58. The summed E-state index contributed by atoms with van der Waals surface area (Å²) in [6, 6.07) is 4.95. The van der Waals surface area contributed by atoms with E-state index in [1.165, 1.54) is 23.7 Å². The summed E-state index contributed by atoms with van der Waals surface area (Å²) in [7, 11) is 0. The molecule has 0 aromatic heterocycles. The summed E-state index contributed by atoms with van der Waals surface area (Å²) in [6.45, 7) is 15.0. The van der Waals surface area contributed by atoms with Gasteiger partial charge in [-0.2, -0.15) is 5.10 Å². The number of rotatable bonds is 3. The van der Waals surface area contributed by atoms with Gasteiger partial charge in [-0.25, -0.2) is 5.43 Å². The Labute approximate surface area is 140 Å². The zero-order valence-corrected chi connectivity index (χ0v) is 15.4. The van der Waals surface area contributed by atoms with Crippen molar-refractivity contribution in [2.45, 2.75) is 72.4 Å². The van der Waals surface area contributed by atoms with E-state index in [0.29, 0.717) is 12.0 Å². The normalized spacial score (nSPS) is 20.0. The number of carbonyl (C=O) groups excluding carboxylic acids is 1. The molecule has 1 aromatic rings. The minimum Gasteiger partial charge on any atom is -0.364 e. The number of fused-ring (bicyclic) bond motifs is 1. The van der Waals surface area contributed by atoms with E-state index >= 15 is 0 Å². The Bertz CT molecular complexity index is 632. The lowest BCUT2D eigenvalue weighted by molar-refractivity contribution is -0.118. The van der Waals surface area contributed by atoms with Crippen LogP contribution in [0.25, 0.3) is 0 Å². The van der Waals surface area contributed by atoms with Crippen molar-refractivity contribution in [2.24, 2.45) is 5.10 Å². The average Bonchev–Trinajstić information content (AvgIpc) is 2.38. The van der Waals surface area contributed by atoms with Gasteiger partial charge in [-0.3, -0.25) is 4.79 Å². The van der Waals surface area contributed by atoms with Gasteiger partial charge in [-0.05, 0) is 75.8 Å². The fourth-order valence-electron chi connectivity index (χ4n) is 3.92. The molecule has 4 nitrogen and oxygen atoms in total. The molecule has 1 N–H and O–H groups in total. The fraction of sp³-hybridized carbons (Fsp3) is 0.579. The number of nitrogens with zero attached hydrogens (tertiary/aromatic N) is 2. The fourth-order valence-corrected chi connectivity index (χ4v) is 3.92. The molecule has 126 valence electrons. The van der Waals surface area contributed by atoms with Crippen molar-refractivity contribution in [2.75, 3.05) is 4.90 Å². The Balaban J connectivity index is 2.48. The maximum atomic E-state index is 11.0. The Morgan fingerprint density at radius 1 is 1.43 bits per heavy atom. The van der Waals surface area contributed by atoms with Crippen LogP contribution in [0.4, 0.5) is 5.69 Å². The zero-order valence-electron chi connectivity index (χ0n) is 15.4. The molecule has 0 saturated heterocycles. The molecular weight excluding hydrogens is 286 g/mol. The minimum atomic E-state index is -0.155. The van der Waals surface area contributed by atoms with Gasteiger partial charge in [0.2, 0.25) is 5.91 Å². The average molecular weight is 315 g/mol. The van der Waals surface area contributed by atoms with Gasteiger partial charge in [0.15, 0.2) is 0 Å². The Kier molecular flexibility index (Phi) is 4.83. The number of amides is 1. The molecule has 1 aliphatic rings. The summed E-state index contributed by atoms with van der Waals surface area (Å²) in [5.41, 5.74) is 7.56. The summed E-state index contributed by atoms with van der Waals surface area (Å²) >= 11 is 0. The second kappa shape index (κ2) is 6.34. The highest BCUT2D eigenvalue weighted by atomic mass is 16.2. The van der Waals surface area contributed by atoms with Gasteiger partial charge in [0.1, 0.15) is 0 Å². The van der Waals surface area contributed by atoms with Gasteiger partial charge in [0.05, 0.1) is 6.21 Å². The largest absolute Gasteiger partial charge is 0.364 e. The Morgan fingerprint density at radius 3 is 2.65 bits per heavy atom. The third-order valence-electron chi connectivity index (χ3n) is 4.61. The minimum absolute atomic E-state index is 0.152. The lowest BCUT2D eigenvalue weighted by Gasteiger charge is -2.50. The van der Waals surface area contributed by atoms with E-state index in [1.807, 2.05) is 0 Å². The van der Waals surface area contributed by atoms with Crippen LogP contribution in [-0.2, 0) is 4.79 Å². The molecular formula is C19H29N3O. The number of hydrogen-bond donors (Lipinski definition) is 1. The van der Waals surface area contributed by atoms with Gasteiger partial charge >= 0.3 is 0 Å². The molecule has 2 rings (SSSR count). The summed E-state index contributed by atoms with van der Waals surface area (Å²) < 4.78 is 0. The predicted octanol–water partition coefficient (Wildman–Crippen LogP) is 3.97. The Morgan fingerprint density at radius 2 is 2.09 bits per heavy atom. The molecule has 0 radical (unpaired) electrons. The van der Waals surface area contributed by atoms with E-state index in [1.54, 1.807) is 6.21 Å². The molecule has 0 saturated carbocycles. The second-order valence-corrected chi connectivity index (χ2v) is 7.58. The van der Waals surface area contributed by atoms with Crippen molar-refractivity contribution in [3.63, 3.8) is 0 Å². The predicted molar refractivity (Wildman–Crippen MR) is 97.3 cm³/mol. The summed E-state index contributed by atoms with van der Waals surface area (Å²) in [6.07, 6.45) is 2.87. The van der Waals surface area contributed by atoms with Crippen LogP contribution in [0.2, 0.25) is 0 Å². The van der Waals surface area contributed by atoms with Crippen molar-refractivity contribution in [3.8, 4) is 0 Å². The quantitative estimate of drug-likeness (QED) is 0.677. The van der Waals surface area contributed by atoms with Crippen LogP contribution in [-0.4, -0.2) is 23.7 Å². The van der Waals surface area contributed by atoms with E-state index in [9.17, 15) is 4.79 Å². The van der Waals surface area contributed by atoms with E-state index in [-0.39, 0.29) is 11.4 Å². The number of nitrogens with one attached hydrogen (secondary N) is 1. The van der Waals surface area contributed by atoms with Crippen LogP contribution in [0.3, 0.4) is 0 Å². The third-order valence-corrected chi connectivity index (χ3v) is 4.61. The SMILES string of the molecule is CC(=O)N/N=C/c1cc2c(cc1C)N(C(C)C)C(C)(C)CC2C. The van der Waals surface area contributed by atoms with Gasteiger partial charge in [-0.15, -0.1) is 0 Å². The van der Waals surface area contributed by atoms with Crippen molar-refractivity contribution < 1.29 is 4.79 Å². The molecule has 1 atom stereocenters. The van der Waals surface area contributed by atoms with Gasteiger partial charge < -0.3 is 4.90 Å². The highest BCUT2D eigenvalue weighted by molar-refractivity contribution is 5.85. The molecule has 0 fully saturated rings. The first-order valence-electron chi connectivity index (χ1n) is 8.37. The summed E-state index contributed by atoms with van der Waals surface area (Å²) in [5, 5.41) is 4.02. The first kappa shape index (κ1) is 17.5. The summed E-state index contributed by atoms with van der Waals surface area (Å²) in [4.78, 5) is 13.5. The van der Waals surface area contributed by atoms with Gasteiger partial charge in [0, 0.05) is 24.2 Å². The number of benzene rings is 1. The number of carbonyl (C=O) groups is 1. The maximum Gasteiger partial charge on any atom is 0.236 e. The molecule has 0 spiro atoms. The summed E-state index contributed by atoms with van der Waals surface area (Å²) in [5.74, 6) is 0.349. The van der Waals surface area contributed by atoms with Crippen LogP contribution in [0, 0.1) is 6.92 Å². The van der Waals surface area contributed by atoms with E-state index < -0.39 is 0 Å². The van der Waals surface area contributed by atoms with Gasteiger partial charge in [0.25, 0.3) is 0 Å². The molecule has 23 heavy (non-hydrogen) atoms. The molecule has 1 aliphatic heterocycles. The number of hydrazone groups is 1. The standard InChI is InChI=1S/C19H29N3O/c1-12(2)22-18-8-13(3)16(11-20-21-15(5)23)9-17(18)14(4)10-19(22,6)7/h8-9,11-12,14H,10H2,1-7H3,(H,21,23)/b20-11+. The van der Waals surface area contributed by atoms with Crippen LogP contribution in [0.1, 0.15) is 70.6 Å². The molecule has 1 unspecified atom stereocenters. The highest BCUT2D eigenvalue weighted by Crippen LogP contribution is 2.45.